The van der Waals surface area contributed by atoms with E-state index in [4.69, 9.17) is 9.47 Å². The quantitative estimate of drug-likeness (QED) is 0.200. The highest BCUT2D eigenvalue weighted by Crippen LogP contribution is 2.74. The molecule has 0 aromatic heterocycles. The number of fused-ring (bicyclic) bond motifs is 8. The number of carbonyl (C=O) groups is 5. The number of carbonyl (C=O) groups excluding carboxylic acids is 4. The van der Waals surface area contributed by atoms with E-state index in [-0.39, 0.29) is 83.1 Å². The monoisotopic (exact) mass is 827 g/mol. The van der Waals surface area contributed by atoms with Gasteiger partial charge in [0.1, 0.15) is 5.78 Å². The molecule has 7 aliphatic rings. The number of allylic oxidation sites excluding steroid dienone is 2. The van der Waals surface area contributed by atoms with Gasteiger partial charge in [-0.05, 0) is 153 Å². The summed E-state index contributed by atoms with van der Waals surface area (Å²) in [6, 6.07) is 5.10. The number of benzene rings is 1. The summed E-state index contributed by atoms with van der Waals surface area (Å²) < 4.78 is 10.8. The normalized spacial score (nSPS) is 37.6. The van der Waals surface area contributed by atoms with E-state index in [2.05, 4.69) is 52.2 Å². The molecule has 0 bridgehead atoms. The third-order valence-electron chi connectivity index (χ3n) is 18.2. The Morgan fingerprint density at radius 1 is 0.900 bits per heavy atom. The lowest BCUT2D eigenvalue weighted by Gasteiger charge is -2.69. The molecule has 6 aliphatic carbocycles. The van der Waals surface area contributed by atoms with Crippen LogP contribution in [-0.4, -0.2) is 53.3 Å². The van der Waals surface area contributed by atoms with E-state index in [0.29, 0.717) is 60.0 Å². The summed E-state index contributed by atoms with van der Waals surface area (Å²) in [5, 5.41) is 15.8. The number of nitrogens with one attached hydrogen (secondary N) is 2. The van der Waals surface area contributed by atoms with E-state index in [1.807, 2.05) is 20.8 Å². The Bertz CT molecular complexity index is 2000. The molecule has 10 nitrogen and oxygen atoms in total. The van der Waals surface area contributed by atoms with Crippen LogP contribution in [0.5, 0.6) is 11.5 Å². The highest BCUT2D eigenvalue weighted by molar-refractivity contribution is 6.01. The molecule has 0 saturated heterocycles. The number of aliphatic carboxylic acids is 1. The van der Waals surface area contributed by atoms with E-state index in [9.17, 15) is 29.1 Å². The lowest BCUT2D eigenvalue weighted by Crippen LogP contribution is -2.62. The van der Waals surface area contributed by atoms with Gasteiger partial charge in [0, 0.05) is 42.7 Å². The molecular weight excluding hydrogens is 757 g/mol. The van der Waals surface area contributed by atoms with Gasteiger partial charge >= 0.3 is 5.97 Å². The summed E-state index contributed by atoms with van der Waals surface area (Å²) in [5.74, 6) is 2.14. The van der Waals surface area contributed by atoms with E-state index in [1.165, 1.54) is 5.57 Å². The lowest BCUT2D eigenvalue weighted by atomic mass is 9.35. The van der Waals surface area contributed by atoms with Crippen molar-refractivity contribution in [2.75, 3.05) is 13.3 Å². The molecule has 11 unspecified atom stereocenters. The third-order valence-corrected chi connectivity index (χ3v) is 18.2. The van der Waals surface area contributed by atoms with Crippen LogP contribution in [0.3, 0.4) is 0 Å². The van der Waals surface area contributed by atoms with Gasteiger partial charge in [0.15, 0.2) is 17.3 Å². The summed E-state index contributed by atoms with van der Waals surface area (Å²) in [6.45, 7) is 20.4. The summed E-state index contributed by atoms with van der Waals surface area (Å²) >= 11 is 0. The molecule has 1 heterocycles. The SMILES string of the molecule is CC(C)C1=C2C3CCC4C(C)(CCC5C(C)(C)C(CC(=O)C6CC(C(=O)O)C6C)CCC54C)C3CCC2(CC(=O)NC(C)(C)CNC(=O)c2ccc3c(c2)OCO3)CC1=O. The molecule has 5 fully saturated rings. The van der Waals surface area contributed by atoms with Gasteiger partial charge < -0.3 is 25.2 Å². The van der Waals surface area contributed by atoms with Gasteiger partial charge in [0.2, 0.25) is 12.7 Å². The van der Waals surface area contributed by atoms with Gasteiger partial charge in [0.25, 0.3) is 5.91 Å². The van der Waals surface area contributed by atoms with Gasteiger partial charge in [-0.25, -0.2) is 0 Å². The molecule has 5 saturated carbocycles. The molecule has 0 spiro atoms. The lowest BCUT2D eigenvalue weighted by molar-refractivity contribution is -0.193. The van der Waals surface area contributed by atoms with Crippen molar-refractivity contribution in [3.8, 4) is 11.5 Å². The first-order valence-electron chi connectivity index (χ1n) is 23.1. The fraction of sp³-hybridized carbons (Fsp3) is 0.740. The fourth-order valence-corrected chi connectivity index (χ4v) is 15.2. The van der Waals surface area contributed by atoms with Crippen molar-refractivity contribution in [1.29, 1.82) is 0 Å². The number of carboxylic acid groups (broad SMARTS) is 1. The van der Waals surface area contributed by atoms with Crippen molar-refractivity contribution >= 4 is 29.4 Å². The van der Waals surface area contributed by atoms with Gasteiger partial charge in [0.05, 0.1) is 11.5 Å². The van der Waals surface area contributed by atoms with Crippen molar-refractivity contribution in [1.82, 2.24) is 10.6 Å². The minimum atomic E-state index is -0.774. The molecular formula is C50H70N2O8. The van der Waals surface area contributed by atoms with Crippen LogP contribution in [0.15, 0.2) is 29.3 Å². The van der Waals surface area contributed by atoms with E-state index in [1.54, 1.807) is 18.2 Å². The first-order valence-corrected chi connectivity index (χ1v) is 23.1. The van der Waals surface area contributed by atoms with Crippen LogP contribution in [-0.2, 0) is 19.2 Å². The average molecular weight is 827 g/mol. The number of ketones is 2. The van der Waals surface area contributed by atoms with Crippen LogP contribution in [0.1, 0.15) is 150 Å². The smallest absolute Gasteiger partial charge is 0.306 e. The van der Waals surface area contributed by atoms with Crippen molar-refractivity contribution in [2.45, 2.75) is 145 Å². The van der Waals surface area contributed by atoms with Crippen molar-refractivity contribution in [3.63, 3.8) is 0 Å². The van der Waals surface area contributed by atoms with Crippen LogP contribution < -0.4 is 20.1 Å². The molecule has 1 aromatic carbocycles. The molecule has 3 N–H and O–H groups in total. The molecule has 11 atom stereocenters. The molecule has 8 rings (SSSR count). The van der Waals surface area contributed by atoms with Crippen LogP contribution in [0.25, 0.3) is 0 Å². The number of ether oxygens (including phenoxy) is 2. The maximum atomic E-state index is 14.2. The predicted molar refractivity (Wildman–Crippen MR) is 228 cm³/mol. The molecule has 0 radical (unpaired) electrons. The second-order valence-electron chi connectivity index (χ2n) is 22.6. The highest BCUT2D eigenvalue weighted by Gasteiger charge is 2.66. The Morgan fingerprint density at radius 2 is 1.62 bits per heavy atom. The van der Waals surface area contributed by atoms with Gasteiger partial charge in [-0.15, -0.1) is 0 Å². The number of rotatable bonds is 11. The van der Waals surface area contributed by atoms with E-state index < -0.39 is 22.8 Å². The van der Waals surface area contributed by atoms with E-state index in [0.717, 1.165) is 56.9 Å². The second-order valence-corrected chi connectivity index (χ2v) is 22.6. The van der Waals surface area contributed by atoms with E-state index >= 15 is 0 Å². The minimum absolute atomic E-state index is 0.00281. The summed E-state index contributed by atoms with van der Waals surface area (Å²) in [5.41, 5.74) is 1.82. The first-order chi connectivity index (χ1) is 28.1. The van der Waals surface area contributed by atoms with Gasteiger partial charge in [-0.1, -0.05) is 54.0 Å². The Morgan fingerprint density at radius 3 is 2.32 bits per heavy atom. The topological polar surface area (TPSA) is 148 Å². The third kappa shape index (κ3) is 6.92. The number of amides is 2. The molecule has 1 aromatic rings. The first kappa shape index (κ1) is 43.0. The zero-order valence-corrected chi connectivity index (χ0v) is 37.6. The second kappa shape index (κ2) is 15.0. The van der Waals surface area contributed by atoms with Crippen LogP contribution in [0.2, 0.25) is 0 Å². The maximum Gasteiger partial charge on any atom is 0.306 e. The van der Waals surface area contributed by atoms with Crippen molar-refractivity contribution < 1.29 is 38.6 Å². The maximum absolute atomic E-state index is 14.2. The standard InChI is InChI=1S/C50H70N2O8/c1-27(2)42-36(54)23-50(24-41(55)52-46(4,5)25-51-44(56)29-10-12-37-38(20-29)60-26-59-37)19-15-34-31(43(42)50)11-13-40-48(34,8)18-16-39-47(6,7)30(14-17-49(39,40)9)21-35(53)32-22-33(28(32)3)45(57)58/h10,12,20,27-28,30-34,39-40H,11,13-19,21-26H2,1-9H3,(H,51,56)(H,52,55)(H,57,58). The average Bonchev–Trinajstić information content (AvgIpc) is 3.75. The largest absolute Gasteiger partial charge is 0.481 e. The Balaban J connectivity index is 0.962. The minimum Gasteiger partial charge on any atom is -0.481 e. The highest BCUT2D eigenvalue weighted by atomic mass is 16.7. The summed E-state index contributed by atoms with van der Waals surface area (Å²) in [4.78, 5) is 66.7. The summed E-state index contributed by atoms with van der Waals surface area (Å²) in [6.07, 6.45) is 10.2. The zero-order valence-electron chi connectivity index (χ0n) is 37.6. The van der Waals surface area contributed by atoms with Crippen molar-refractivity contribution in [2.24, 2.45) is 74.9 Å². The fourth-order valence-electron chi connectivity index (χ4n) is 15.2. The Labute approximate surface area is 357 Å². The predicted octanol–water partition coefficient (Wildman–Crippen LogP) is 8.95. The Kier molecular flexibility index (Phi) is 10.7. The van der Waals surface area contributed by atoms with Gasteiger partial charge in [-0.3, -0.25) is 24.0 Å². The number of hydrogen-bond donors (Lipinski definition) is 3. The molecule has 2 amide bonds. The zero-order chi connectivity index (χ0) is 43.3. The number of carboxylic acids is 1. The van der Waals surface area contributed by atoms with Gasteiger partial charge in [-0.2, -0.15) is 0 Å². The van der Waals surface area contributed by atoms with Crippen molar-refractivity contribution in [3.05, 3.63) is 34.9 Å². The van der Waals surface area contributed by atoms with Crippen LogP contribution >= 0.6 is 0 Å². The Hall–Kier alpha value is -3.69. The van der Waals surface area contributed by atoms with Crippen LogP contribution in [0, 0.1) is 74.9 Å². The number of hydrogen-bond acceptors (Lipinski definition) is 7. The number of Topliss-reactive ketones (excluding diaryl/α,β-unsaturated/α-hetero) is 2. The summed E-state index contributed by atoms with van der Waals surface area (Å²) in [7, 11) is 0. The molecule has 10 heteroatoms. The molecule has 60 heavy (non-hydrogen) atoms. The molecule has 1 aliphatic heterocycles. The molecule has 328 valence electrons. The van der Waals surface area contributed by atoms with Crippen LogP contribution in [0.4, 0.5) is 0 Å².